The van der Waals surface area contributed by atoms with Crippen molar-refractivity contribution in [1.29, 1.82) is 0 Å². The van der Waals surface area contributed by atoms with Gasteiger partial charge in [0.1, 0.15) is 11.8 Å². The number of nitrogens with zero attached hydrogens (tertiary/aromatic N) is 6. The summed E-state index contributed by atoms with van der Waals surface area (Å²) in [5, 5.41) is 4.59. The molecule has 0 atom stereocenters. The van der Waals surface area contributed by atoms with Gasteiger partial charge in [-0.3, -0.25) is 0 Å². The molecule has 1 N–H and O–H groups in total. The van der Waals surface area contributed by atoms with Crippen molar-refractivity contribution in [1.82, 2.24) is 34.5 Å². The quantitative estimate of drug-likeness (QED) is 0.625. The summed E-state index contributed by atoms with van der Waals surface area (Å²) < 4.78 is 1.83. The molecular formula is C15H15N7. The van der Waals surface area contributed by atoms with Crippen molar-refractivity contribution in [2.24, 2.45) is 0 Å². The van der Waals surface area contributed by atoms with Crippen molar-refractivity contribution in [3.63, 3.8) is 0 Å². The summed E-state index contributed by atoms with van der Waals surface area (Å²) in [6, 6.07) is 2.11. The van der Waals surface area contributed by atoms with Crippen molar-refractivity contribution in [3.8, 4) is 0 Å². The normalized spacial score (nSPS) is 11.8. The number of aromatic nitrogens is 7. The van der Waals surface area contributed by atoms with E-state index in [4.69, 9.17) is 0 Å². The molecule has 0 aliphatic carbocycles. The molecule has 0 fully saturated rings. The van der Waals surface area contributed by atoms with Crippen molar-refractivity contribution in [2.45, 2.75) is 26.2 Å². The number of fused-ring (bicyclic) bond motifs is 2. The monoisotopic (exact) mass is 293 g/mol. The molecule has 4 rings (SSSR count). The number of hydrogen-bond acceptors (Lipinski definition) is 5. The zero-order chi connectivity index (χ0) is 15.1. The van der Waals surface area contributed by atoms with Crippen LogP contribution in [-0.4, -0.2) is 34.5 Å². The van der Waals surface area contributed by atoms with Crippen LogP contribution in [0.2, 0.25) is 0 Å². The number of hydrogen-bond donors (Lipinski definition) is 1. The van der Waals surface area contributed by atoms with Crippen LogP contribution >= 0.6 is 0 Å². The topological polar surface area (TPSA) is 84.6 Å². The maximum absolute atomic E-state index is 4.59. The molecule has 7 nitrogen and oxygen atoms in total. The van der Waals surface area contributed by atoms with E-state index in [0.29, 0.717) is 18.0 Å². The fourth-order valence-electron chi connectivity index (χ4n) is 2.55. The lowest BCUT2D eigenvalue weighted by atomic mass is 10.1. The van der Waals surface area contributed by atoms with E-state index < -0.39 is 0 Å². The lowest BCUT2D eigenvalue weighted by Crippen LogP contribution is -2.05. The van der Waals surface area contributed by atoms with Crippen LogP contribution in [0.15, 0.2) is 31.1 Å². The first kappa shape index (κ1) is 12.9. The summed E-state index contributed by atoms with van der Waals surface area (Å²) in [7, 11) is 0. The third-order valence-electron chi connectivity index (χ3n) is 3.71. The predicted octanol–water partition coefficient (Wildman–Crippen LogP) is 2.11. The van der Waals surface area contributed by atoms with E-state index in [0.717, 1.165) is 28.1 Å². The fourth-order valence-corrected chi connectivity index (χ4v) is 2.55. The van der Waals surface area contributed by atoms with Crippen LogP contribution in [0.1, 0.15) is 36.7 Å². The van der Waals surface area contributed by atoms with Gasteiger partial charge >= 0.3 is 0 Å². The molecule has 0 amide bonds. The molecule has 0 spiro atoms. The Bertz CT molecular complexity index is 951. The highest BCUT2D eigenvalue weighted by Crippen LogP contribution is 2.20. The van der Waals surface area contributed by atoms with Crippen LogP contribution in [0.3, 0.4) is 0 Å². The summed E-state index contributed by atoms with van der Waals surface area (Å²) >= 11 is 0. The largest absolute Gasteiger partial charge is 0.342 e. The summed E-state index contributed by atoms with van der Waals surface area (Å²) in [6.45, 7) is 4.26. The summed E-state index contributed by atoms with van der Waals surface area (Å²) in [5.74, 6) is 0.350. The van der Waals surface area contributed by atoms with Crippen molar-refractivity contribution in [2.75, 3.05) is 0 Å². The Morgan fingerprint density at radius 2 is 2.09 bits per heavy atom. The Hall–Kier alpha value is -2.83. The second-order valence-corrected chi connectivity index (χ2v) is 5.54. The Balaban J connectivity index is 1.87. The van der Waals surface area contributed by atoms with Crippen molar-refractivity contribution in [3.05, 3.63) is 48.1 Å². The Kier molecular flexibility index (Phi) is 2.85. The molecule has 110 valence electrons. The second kappa shape index (κ2) is 4.87. The molecule has 0 bridgehead atoms. The molecule has 4 aromatic heterocycles. The van der Waals surface area contributed by atoms with Gasteiger partial charge in [0.15, 0.2) is 11.3 Å². The third kappa shape index (κ3) is 2.02. The highest BCUT2D eigenvalue weighted by atomic mass is 15.2. The first-order valence-corrected chi connectivity index (χ1v) is 7.18. The van der Waals surface area contributed by atoms with Gasteiger partial charge in [-0.1, -0.05) is 13.8 Å². The lowest BCUT2D eigenvalue weighted by molar-refractivity contribution is 0.757. The maximum atomic E-state index is 4.59. The molecule has 0 unspecified atom stereocenters. The van der Waals surface area contributed by atoms with Crippen LogP contribution in [0, 0.1) is 0 Å². The first-order valence-electron chi connectivity index (χ1n) is 7.18. The number of nitrogens with one attached hydrogen (secondary N) is 1. The Morgan fingerprint density at radius 3 is 2.95 bits per heavy atom. The summed E-state index contributed by atoms with van der Waals surface area (Å²) in [6.07, 6.45) is 7.48. The van der Waals surface area contributed by atoms with Gasteiger partial charge in [-0.15, -0.1) is 0 Å². The van der Waals surface area contributed by atoms with Crippen LogP contribution in [0.4, 0.5) is 0 Å². The van der Waals surface area contributed by atoms with Crippen LogP contribution in [-0.2, 0) is 6.42 Å². The van der Waals surface area contributed by atoms with Crippen LogP contribution in [0.5, 0.6) is 0 Å². The van der Waals surface area contributed by atoms with E-state index in [1.807, 2.05) is 10.7 Å². The van der Waals surface area contributed by atoms with Gasteiger partial charge in [0.25, 0.3) is 0 Å². The van der Waals surface area contributed by atoms with E-state index in [-0.39, 0.29) is 0 Å². The molecule has 0 radical (unpaired) electrons. The fraction of sp³-hybridized carbons (Fsp3) is 0.267. The second-order valence-electron chi connectivity index (χ2n) is 5.54. The molecule has 0 saturated carbocycles. The Morgan fingerprint density at radius 1 is 1.18 bits per heavy atom. The molecule has 0 saturated heterocycles. The zero-order valence-electron chi connectivity index (χ0n) is 12.4. The van der Waals surface area contributed by atoms with E-state index in [9.17, 15) is 0 Å². The minimum absolute atomic E-state index is 0.350. The first-order chi connectivity index (χ1) is 10.7. The Labute approximate surface area is 126 Å². The van der Waals surface area contributed by atoms with Gasteiger partial charge in [-0.2, -0.15) is 5.10 Å². The third-order valence-corrected chi connectivity index (χ3v) is 3.71. The molecule has 0 aliphatic heterocycles. The minimum atomic E-state index is 0.350. The highest BCUT2D eigenvalue weighted by Gasteiger charge is 2.13. The van der Waals surface area contributed by atoms with Gasteiger partial charge < -0.3 is 4.98 Å². The molecule has 7 heteroatoms. The molecule has 4 heterocycles. The van der Waals surface area contributed by atoms with E-state index in [1.165, 1.54) is 0 Å². The predicted molar refractivity (Wildman–Crippen MR) is 81.6 cm³/mol. The molecule has 0 aliphatic rings. The number of aromatic amines is 1. The van der Waals surface area contributed by atoms with Crippen molar-refractivity contribution >= 4 is 16.8 Å². The van der Waals surface area contributed by atoms with Crippen LogP contribution in [0.25, 0.3) is 16.8 Å². The SMILES string of the molecule is CC(C)c1cc(Cc2ncnc3nc[nH]c23)c2nccn2n1. The molecule has 4 aromatic rings. The number of rotatable bonds is 3. The van der Waals surface area contributed by atoms with Crippen LogP contribution < -0.4 is 0 Å². The van der Waals surface area contributed by atoms with Gasteiger partial charge in [-0.25, -0.2) is 24.5 Å². The summed E-state index contributed by atoms with van der Waals surface area (Å²) in [4.78, 5) is 20.3. The van der Waals surface area contributed by atoms with Crippen molar-refractivity contribution < 1.29 is 0 Å². The van der Waals surface area contributed by atoms with E-state index in [2.05, 4.69) is 49.9 Å². The summed E-state index contributed by atoms with van der Waals surface area (Å²) in [5.41, 5.74) is 5.45. The highest BCUT2D eigenvalue weighted by molar-refractivity contribution is 5.73. The van der Waals surface area contributed by atoms with E-state index in [1.54, 1.807) is 18.9 Å². The number of imidazole rings is 2. The van der Waals surface area contributed by atoms with E-state index >= 15 is 0 Å². The maximum Gasteiger partial charge on any atom is 0.180 e. The average molecular weight is 293 g/mol. The minimum Gasteiger partial charge on any atom is -0.342 e. The smallest absolute Gasteiger partial charge is 0.180 e. The molecule has 22 heavy (non-hydrogen) atoms. The lowest BCUT2D eigenvalue weighted by Gasteiger charge is -2.09. The zero-order valence-corrected chi connectivity index (χ0v) is 12.4. The average Bonchev–Trinajstić information content (AvgIpc) is 3.16. The molecular weight excluding hydrogens is 278 g/mol. The molecule has 0 aromatic carbocycles. The number of H-pyrrole nitrogens is 1. The van der Waals surface area contributed by atoms with Gasteiger partial charge in [0.2, 0.25) is 0 Å². The van der Waals surface area contributed by atoms with Gasteiger partial charge in [-0.05, 0) is 12.0 Å². The van der Waals surface area contributed by atoms with Gasteiger partial charge in [0.05, 0.1) is 17.7 Å². The standard InChI is InChI=1S/C15H15N7/c1-9(2)11-5-10(15-16-3-4-22(15)21-11)6-12-13-14(19-7-17-12)20-8-18-13/h3-5,7-9H,6H2,1-2H3,(H,17,18,19,20). The van der Waals surface area contributed by atoms with Gasteiger partial charge in [0, 0.05) is 24.4 Å².